The molecule has 10 heteroatoms. The van der Waals surface area contributed by atoms with Crippen LogP contribution < -0.4 is 10.3 Å². The van der Waals surface area contributed by atoms with Crippen molar-refractivity contribution >= 4 is 56.6 Å². The third kappa shape index (κ3) is 12.3. The number of carbonyl (C=O) groups excluding carboxylic acids is 2. The Morgan fingerprint density at radius 2 is 1.85 bits per heavy atom. The van der Waals surface area contributed by atoms with E-state index in [0.29, 0.717) is 31.0 Å². The van der Waals surface area contributed by atoms with Crippen LogP contribution in [0.5, 0.6) is 0 Å². The average molecular weight is 610 g/mol. The number of hydrogen-bond donors (Lipinski definition) is 1. The zero-order chi connectivity index (χ0) is 29.5. The number of ether oxygens (including phenoxy) is 1. The van der Waals surface area contributed by atoms with E-state index in [1.807, 2.05) is 53.4 Å². The highest BCUT2D eigenvalue weighted by molar-refractivity contribution is 8.32. The Morgan fingerprint density at radius 1 is 1.18 bits per heavy atom. The van der Waals surface area contributed by atoms with Gasteiger partial charge in [-0.3, -0.25) is 14.5 Å². The molecule has 2 aliphatic heterocycles. The Morgan fingerprint density at radius 3 is 2.42 bits per heavy atom. The first-order valence-electron chi connectivity index (χ1n) is 13.3. The van der Waals surface area contributed by atoms with Crippen LogP contribution >= 0.6 is 33.2 Å². The molecule has 0 radical (unpaired) electrons. The molecule has 1 saturated heterocycles. The first-order valence-corrected chi connectivity index (χ1v) is 17.0. The van der Waals surface area contributed by atoms with E-state index in [4.69, 9.17) is 27.9 Å². The molecule has 1 N–H and O–H groups in total. The second-order valence-corrected chi connectivity index (χ2v) is 15.7. The lowest BCUT2D eigenvalue weighted by molar-refractivity contribution is -0.126. The molecule has 1 fully saturated rings. The average Bonchev–Trinajstić information content (AvgIpc) is 2.92. The first kappa shape index (κ1) is 33.7. The van der Waals surface area contributed by atoms with Crippen LogP contribution in [0.2, 0.25) is 10.0 Å². The summed E-state index contributed by atoms with van der Waals surface area (Å²) >= 11 is 11.7. The van der Waals surface area contributed by atoms with E-state index in [2.05, 4.69) is 42.8 Å². The number of amidine groups is 1. The van der Waals surface area contributed by atoms with Gasteiger partial charge in [0, 0.05) is 34.5 Å². The summed E-state index contributed by atoms with van der Waals surface area (Å²) in [5.41, 5.74) is 3.23. The molecule has 2 aromatic carbocycles. The topological polar surface area (TPSA) is 74.2 Å². The van der Waals surface area contributed by atoms with E-state index in [9.17, 15) is 9.59 Å². The fourth-order valence-corrected chi connectivity index (χ4v) is 4.70. The summed E-state index contributed by atoms with van der Waals surface area (Å²) in [6.07, 6.45) is 11.0. The zero-order valence-corrected chi connectivity index (χ0v) is 26.3. The maximum Gasteiger partial charge on any atom is 0.259 e. The number of carbonyl (C=O) groups is 2. The van der Waals surface area contributed by atoms with Crippen LogP contribution in [0.4, 0.5) is 5.69 Å². The molecule has 2 aliphatic rings. The van der Waals surface area contributed by atoms with Crippen molar-refractivity contribution in [3.05, 3.63) is 77.3 Å². The van der Waals surface area contributed by atoms with E-state index in [-0.39, 0.29) is 31.0 Å². The standard InChI is InChI=1S/C20H29ClN4O3S.C6H5Cl.C4H8/c1-29(2,3)10-9-28-14-25(17-6-4-5-16(21)11-17)20(27)15-7-8-18-22-23-19(26)13-24(18)12-15;7-6-4-2-1-3-5-6;1-3-4-2/h4-6,11,15H,7-10,12-14H2,1-3H3,(H,23,26);1-5H;3H,1,4H2,2H3. The minimum atomic E-state index is -0.660. The molecule has 1 unspecified atom stereocenters. The Bertz CT molecular complexity index is 1130. The largest absolute Gasteiger partial charge is 0.360 e. The molecule has 40 heavy (non-hydrogen) atoms. The van der Waals surface area contributed by atoms with E-state index in [1.54, 1.807) is 17.0 Å². The van der Waals surface area contributed by atoms with E-state index < -0.39 is 10.0 Å². The molecule has 7 nitrogen and oxygen atoms in total. The van der Waals surface area contributed by atoms with Crippen LogP contribution in [-0.2, 0) is 14.3 Å². The van der Waals surface area contributed by atoms with Gasteiger partial charge in [0.1, 0.15) is 12.6 Å². The summed E-state index contributed by atoms with van der Waals surface area (Å²) < 4.78 is 5.88. The van der Waals surface area contributed by atoms with Crippen LogP contribution in [0, 0.1) is 5.92 Å². The number of hydrogen-bond acceptors (Lipinski definition) is 5. The number of anilines is 1. The summed E-state index contributed by atoms with van der Waals surface area (Å²) in [4.78, 5) is 28.6. The number of halogens is 2. The van der Waals surface area contributed by atoms with Crippen LogP contribution in [0.1, 0.15) is 26.2 Å². The Labute approximate surface area is 250 Å². The van der Waals surface area contributed by atoms with Crippen molar-refractivity contribution in [1.82, 2.24) is 10.3 Å². The van der Waals surface area contributed by atoms with Crippen LogP contribution in [0.15, 0.2) is 72.4 Å². The van der Waals surface area contributed by atoms with Gasteiger partial charge in [0.05, 0.1) is 19.1 Å². The third-order valence-electron chi connectivity index (χ3n) is 5.98. The number of hydrazone groups is 1. The van der Waals surface area contributed by atoms with Crippen molar-refractivity contribution in [3.8, 4) is 0 Å². The lowest BCUT2D eigenvalue weighted by Crippen LogP contribution is -2.53. The SMILES string of the molecule is C=CCC.CS(C)(C)CCOCN(C(=O)C1CCC2=NNC(=O)CN2C1)c1cccc(Cl)c1.Clc1ccccc1. The number of nitrogens with one attached hydrogen (secondary N) is 1. The molecule has 2 aromatic rings. The molecule has 1 atom stereocenters. The predicted molar refractivity (Wildman–Crippen MR) is 172 cm³/mol. The van der Waals surface area contributed by atoms with Crippen LogP contribution in [-0.4, -0.2) is 73.5 Å². The Balaban J connectivity index is 0.000000426. The smallest absolute Gasteiger partial charge is 0.259 e. The van der Waals surface area contributed by atoms with Gasteiger partial charge in [0.15, 0.2) is 0 Å². The molecule has 0 spiro atoms. The van der Waals surface area contributed by atoms with Crippen molar-refractivity contribution in [2.75, 3.05) is 55.8 Å². The quantitative estimate of drug-likeness (QED) is 0.213. The van der Waals surface area contributed by atoms with Gasteiger partial charge in [0.2, 0.25) is 5.91 Å². The molecule has 2 amide bonds. The molecule has 2 heterocycles. The minimum Gasteiger partial charge on any atom is -0.360 e. The van der Waals surface area contributed by atoms with Crippen molar-refractivity contribution in [2.45, 2.75) is 26.2 Å². The summed E-state index contributed by atoms with van der Waals surface area (Å²) in [6.45, 7) is 7.06. The van der Waals surface area contributed by atoms with E-state index >= 15 is 0 Å². The van der Waals surface area contributed by atoms with Gasteiger partial charge in [0.25, 0.3) is 5.91 Å². The summed E-state index contributed by atoms with van der Waals surface area (Å²) in [6, 6.07) is 16.7. The molecule has 4 rings (SSSR count). The highest BCUT2D eigenvalue weighted by Gasteiger charge is 2.34. The van der Waals surface area contributed by atoms with E-state index in [1.165, 1.54) is 0 Å². The number of amides is 2. The Kier molecular flexibility index (Phi) is 14.6. The van der Waals surface area contributed by atoms with Gasteiger partial charge in [-0.1, -0.05) is 60.5 Å². The van der Waals surface area contributed by atoms with Crippen LogP contribution in [0.3, 0.4) is 0 Å². The van der Waals surface area contributed by atoms with Crippen molar-refractivity contribution in [3.63, 3.8) is 0 Å². The molecule has 0 aliphatic carbocycles. The number of rotatable bonds is 8. The summed E-state index contributed by atoms with van der Waals surface area (Å²) in [7, 11) is -0.660. The maximum absolute atomic E-state index is 13.4. The molecule has 220 valence electrons. The second kappa shape index (κ2) is 17.3. The summed E-state index contributed by atoms with van der Waals surface area (Å²) in [5.74, 6) is 1.43. The van der Waals surface area contributed by atoms with Gasteiger partial charge >= 0.3 is 0 Å². The zero-order valence-electron chi connectivity index (χ0n) is 23.9. The molecular weight excluding hydrogens is 567 g/mol. The van der Waals surface area contributed by atoms with Crippen molar-refractivity contribution < 1.29 is 14.3 Å². The number of nitrogens with zero attached hydrogens (tertiary/aromatic N) is 3. The fourth-order valence-electron chi connectivity index (χ4n) is 3.75. The molecule has 0 bridgehead atoms. The Hall–Kier alpha value is -2.52. The number of allylic oxidation sites excluding steroid dienone is 1. The second-order valence-electron chi connectivity index (χ2n) is 10.3. The highest BCUT2D eigenvalue weighted by Crippen LogP contribution is 2.33. The normalized spacial score (nSPS) is 16.6. The molecule has 0 saturated carbocycles. The van der Waals surface area contributed by atoms with E-state index in [0.717, 1.165) is 28.7 Å². The first-order chi connectivity index (χ1) is 19.0. The van der Waals surface area contributed by atoms with Gasteiger partial charge in [-0.25, -0.2) is 15.5 Å². The van der Waals surface area contributed by atoms with Gasteiger partial charge in [-0.15, -0.1) is 6.58 Å². The molecule has 0 aromatic heterocycles. The van der Waals surface area contributed by atoms with Crippen LogP contribution in [0.25, 0.3) is 0 Å². The maximum atomic E-state index is 13.4. The van der Waals surface area contributed by atoms with Crippen molar-refractivity contribution in [1.29, 1.82) is 0 Å². The van der Waals surface area contributed by atoms with Gasteiger partial charge in [-0.05, 0) is 61.9 Å². The highest BCUT2D eigenvalue weighted by atomic mass is 35.5. The summed E-state index contributed by atoms with van der Waals surface area (Å²) in [5, 5.41) is 5.47. The number of benzene rings is 2. The number of fused-ring (bicyclic) bond motifs is 1. The lowest BCUT2D eigenvalue weighted by atomic mass is 9.95. The third-order valence-corrected chi connectivity index (χ3v) is 7.86. The lowest BCUT2D eigenvalue weighted by Gasteiger charge is -2.37. The van der Waals surface area contributed by atoms with Gasteiger partial charge in [-0.2, -0.15) is 5.10 Å². The number of piperidine rings is 1. The predicted octanol–water partition coefficient (Wildman–Crippen LogP) is 6.42. The molecular formula is C30H42Cl2N4O3S. The van der Waals surface area contributed by atoms with Gasteiger partial charge < -0.3 is 9.64 Å². The minimum absolute atomic E-state index is 0.0135. The monoisotopic (exact) mass is 608 g/mol. The van der Waals surface area contributed by atoms with Crippen molar-refractivity contribution in [2.24, 2.45) is 11.0 Å². The fraction of sp³-hybridized carbons (Fsp3) is 0.433.